The van der Waals surface area contributed by atoms with Crippen molar-refractivity contribution in [2.24, 2.45) is 0 Å². The Morgan fingerprint density at radius 1 is 1.53 bits per heavy atom. The molecule has 0 saturated carbocycles. The minimum absolute atomic E-state index is 0.0207. The molecule has 0 spiro atoms. The molecule has 17 heavy (non-hydrogen) atoms. The number of cyclic esters (lactones) is 1. The van der Waals surface area contributed by atoms with Gasteiger partial charge in [-0.05, 0) is 12.1 Å². The molecule has 0 unspecified atom stereocenters. The fraction of sp³-hybridized carbons (Fsp3) is 0.182. The highest BCUT2D eigenvalue weighted by atomic mass is 35.5. The molecule has 1 aromatic carbocycles. The van der Waals surface area contributed by atoms with Crippen LogP contribution in [0.15, 0.2) is 30.0 Å². The minimum atomic E-state index is -0.780. The van der Waals surface area contributed by atoms with E-state index in [4.69, 9.17) is 21.1 Å². The molecule has 0 amide bonds. The number of benzene rings is 1. The summed E-state index contributed by atoms with van der Waals surface area (Å²) in [6, 6.07) is 4.60. The first-order valence-corrected chi connectivity index (χ1v) is 5.18. The van der Waals surface area contributed by atoms with Crippen LogP contribution in [-0.4, -0.2) is 24.5 Å². The molecule has 0 bridgehead atoms. The first-order chi connectivity index (χ1) is 8.10. The topological polar surface area (TPSA) is 67.8 Å². The quantitative estimate of drug-likeness (QED) is 0.638. The van der Waals surface area contributed by atoms with Gasteiger partial charge in [-0.25, -0.2) is 4.79 Å². The lowest BCUT2D eigenvalue weighted by Gasteiger charge is -2.14. The summed E-state index contributed by atoms with van der Waals surface area (Å²) in [5, 5.41) is 12.9. The maximum absolute atomic E-state index is 11.0. The zero-order valence-corrected chi connectivity index (χ0v) is 9.69. The van der Waals surface area contributed by atoms with E-state index in [0.29, 0.717) is 16.4 Å². The Balaban J connectivity index is 2.20. The van der Waals surface area contributed by atoms with Gasteiger partial charge in [0.15, 0.2) is 0 Å². The molecular weight excluding hydrogens is 246 g/mol. The molecule has 2 N–H and O–H groups in total. The largest absolute Gasteiger partial charge is 0.506 e. The Bertz CT molecular complexity index is 486. The number of carbonyl (C=O) groups excluding carboxylic acids is 1. The van der Waals surface area contributed by atoms with Crippen molar-refractivity contribution in [1.29, 1.82) is 0 Å². The third-order valence-corrected chi connectivity index (χ3v) is 2.44. The van der Waals surface area contributed by atoms with E-state index < -0.39 is 12.3 Å². The van der Waals surface area contributed by atoms with Crippen molar-refractivity contribution in [2.75, 3.05) is 12.4 Å². The minimum Gasteiger partial charge on any atom is -0.506 e. The second-order valence-electron chi connectivity index (χ2n) is 3.39. The van der Waals surface area contributed by atoms with Gasteiger partial charge in [-0.1, -0.05) is 11.6 Å². The summed E-state index contributed by atoms with van der Waals surface area (Å²) in [7, 11) is 1.42. The zero-order chi connectivity index (χ0) is 12.4. The molecule has 0 aromatic heterocycles. The number of hydrogen-bond donors (Lipinski definition) is 2. The van der Waals surface area contributed by atoms with Gasteiger partial charge in [0.1, 0.15) is 5.75 Å². The van der Waals surface area contributed by atoms with Gasteiger partial charge < -0.3 is 19.9 Å². The Labute approximate surface area is 103 Å². The van der Waals surface area contributed by atoms with Gasteiger partial charge >= 0.3 is 5.97 Å². The molecule has 1 aliphatic rings. The molecule has 1 aromatic rings. The second-order valence-corrected chi connectivity index (χ2v) is 3.83. The monoisotopic (exact) mass is 255 g/mol. The lowest BCUT2D eigenvalue weighted by atomic mass is 10.2. The van der Waals surface area contributed by atoms with E-state index in [1.54, 1.807) is 12.1 Å². The number of halogens is 1. The summed E-state index contributed by atoms with van der Waals surface area (Å²) in [6.07, 6.45) is 0.486. The number of rotatable bonds is 3. The molecular formula is C11H10ClNO4. The van der Waals surface area contributed by atoms with E-state index in [-0.39, 0.29) is 5.75 Å². The third-order valence-electron chi connectivity index (χ3n) is 2.20. The van der Waals surface area contributed by atoms with E-state index in [1.807, 2.05) is 0 Å². The van der Waals surface area contributed by atoms with Crippen LogP contribution in [0.4, 0.5) is 5.69 Å². The predicted octanol–water partition coefficient (Wildman–Crippen LogP) is 1.87. The number of phenolic OH excluding ortho intramolecular Hbond substituents is 1. The number of aromatic hydroxyl groups is 1. The number of methoxy groups -OCH3 is 1. The van der Waals surface area contributed by atoms with Crippen molar-refractivity contribution >= 4 is 23.3 Å². The molecule has 0 radical (unpaired) electrons. The average molecular weight is 256 g/mol. The molecule has 0 saturated heterocycles. The van der Waals surface area contributed by atoms with Crippen molar-refractivity contribution in [3.05, 3.63) is 35.0 Å². The van der Waals surface area contributed by atoms with E-state index in [9.17, 15) is 9.90 Å². The van der Waals surface area contributed by atoms with Gasteiger partial charge in [0.25, 0.3) is 0 Å². The fourth-order valence-corrected chi connectivity index (χ4v) is 1.60. The number of esters is 1. The molecule has 0 fully saturated rings. The van der Waals surface area contributed by atoms with Crippen LogP contribution in [-0.2, 0) is 14.3 Å². The van der Waals surface area contributed by atoms with Gasteiger partial charge in [-0.3, -0.25) is 0 Å². The van der Waals surface area contributed by atoms with Gasteiger partial charge in [0.2, 0.25) is 6.29 Å². The smallest absolute Gasteiger partial charge is 0.335 e. The van der Waals surface area contributed by atoms with Gasteiger partial charge in [0, 0.05) is 24.3 Å². The molecule has 6 heteroatoms. The Morgan fingerprint density at radius 2 is 2.29 bits per heavy atom. The SMILES string of the molecule is CO[C@H]1OC(=O)C=C1Nc1ccc(Cl)cc1O. The normalized spacial score (nSPS) is 18.8. The summed E-state index contributed by atoms with van der Waals surface area (Å²) in [4.78, 5) is 11.0. The van der Waals surface area contributed by atoms with Crippen LogP contribution in [0.25, 0.3) is 0 Å². The van der Waals surface area contributed by atoms with Gasteiger partial charge in [0.05, 0.1) is 11.4 Å². The van der Waals surface area contributed by atoms with E-state index in [0.717, 1.165) is 0 Å². The summed E-state index contributed by atoms with van der Waals surface area (Å²) in [5.74, 6) is -0.514. The number of phenols is 1. The Hall–Kier alpha value is -1.72. The highest BCUT2D eigenvalue weighted by Crippen LogP contribution is 2.29. The van der Waals surface area contributed by atoms with Crippen LogP contribution < -0.4 is 5.32 Å². The van der Waals surface area contributed by atoms with Crippen LogP contribution in [0, 0.1) is 0 Å². The summed E-state index contributed by atoms with van der Waals surface area (Å²) >= 11 is 5.71. The Kier molecular flexibility index (Phi) is 3.21. The van der Waals surface area contributed by atoms with Crippen molar-refractivity contribution in [1.82, 2.24) is 0 Å². The number of ether oxygens (including phenoxy) is 2. The van der Waals surface area contributed by atoms with Gasteiger partial charge in [-0.15, -0.1) is 0 Å². The van der Waals surface area contributed by atoms with Crippen LogP contribution in [0.3, 0.4) is 0 Å². The van der Waals surface area contributed by atoms with Gasteiger partial charge in [-0.2, -0.15) is 0 Å². The number of anilines is 1. The van der Waals surface area contributed by atoms with Crippen molar-refractivity contribution < 1.29 is 19.4 Å². The third kappa shape index (κ3) is 2.51. The van der Waals surface area contributed by atoms with E-state index >= 15 is 0 Å². The van der Waals surface area contributed by atoms with Crippen LogP contribution in [0.1, 0.15) is 0 Å². The summed E-state index contributed by atoms with van der Waals surface area (Å²) < 4.78 is 9.78. The lowest BCUT2D eigenvalue weighted by molar-refractivity contribution is -0.155. The maximum atomic E-state index is 11.0. The van der Waals surface area contributed by atoms with Crippen LogP contribution in [0.2, 0.25) is 5.02 Å². The first kappa shape index (κ1) is 11.8. The maximum Gasteiger partial charge on any atom is 0.335 e. The molecule has 1 heterocycles. The molecule has 1 atom stereocenters. The van der Waals surface area contributed by atoms with Crippen molar-refractivity contribution in [2.45, 2.75) is 6.29 Å². The highest BCUT2D eigenvalue weighted by molar-refractivity contribution is 6.30. The van der Waals surface area contributed by atoms with Crippen LogP contribution >= 0.6 is 11.6 Å². The molecule has 5 nitrogen and oxygen atoms in total. The van der Waals surface area contributed by atoms with Crippen LogP contribution in [0.5, 0.6) is 5.75 Å². The predicted molar refractivity (Wildman–Crippen MR) is 61.7 cm³/mol. The second kappa shape index (κ2) is 4.65. The summed E-state index contributed by atoms with van der Waals surface area (Å²) in [6.45, 7) is 0. The highest BCUT2D eigenvalue weighted by Gasteiger charge is 2.26. The van der Waals surface area contributed by atoms with Crippen molar-refractivity contribution in [3.8, 4) is 5.75 Å². The average Bonchev–Trinajstić information content (AvgIpc) is 2.63. The van der Waals surface area contributed by atoms with Crippen molar-refractivity contribution in [3.63, 3.8) is 0 Å². The zero-order valence-electron chi connectivity index (χ0n) is 8.94. The number of hydrogen-bond acceptors (Lipinski definition) is 5. The fourth-order valence-electron chi connectivity index (χ4n) is 1.43. The summed E-state index contributed by atoms with van der Waals surface area (Å²) in [5.41, 5.74) is 0.844. The molecule has 90 valence electrons. The first-order valence-electron chi connectivity index (χ1n) is 4.80. The van der Waals surface area contributed by atoms with E-state index in [2.05, 4.69) is 5.32 Å². The molecule has 0 aliphatic carbocycles. The molecule has 1 aliphatic heterocycles. The lowest BCUT2D eigenvalue weighted by Crippen LogP contribution is -2.18. The van der Waals surface area contributed by atoms with E-state index in [1.165, 1.54) is 19.3 Å². The Morgan fingerprint density at radius 3 is 2.94 bits per heavy atom. The number of carbonyl (C=O) groups is 1. The molecule has 2 rings (SSSR count). The number of nitrogens with one attached hydrogen (secondary N) is 1. The standard InChI is InChI=1S/C11H10ClNO4/c1-16-11-8(5-10(15)17-11)13-7-3-2-6(12)4-9(7)14/h2-5,11,13-14H,1H3/t11-/m0/s1.